The molecule has 1 N–H and O–H groups in total. The Morgan fingerprint density at radius 1 is 1.23 bits per heavy atom. The van der Waals surface area contributed by atoms with Crippen molar-refractivity contribution in [3.05, 3.63) is 29.8 Å². The highest BCUT2D eigenvalue weighted by Crippen LogP contribution is 2.37. The molecule has 0 amide bonds. The van der Waals surface area contributed by atoms with E-state index in [0.717, 1.165) is 36.4 Å². The van der Waals surface area contributed by atoms with Crippen molar-refractivity contribution in [1.29, 1.82) is 0 Å². The molecule has 0 unspecified atom stereocenters. The van der Waals surface area contributed by atoms with E-state index < -0.39 is 5.60 Å². The number of hydrogen-bond donors (Lipinski definition) is 1. The summed E-state index contributed by atoms with van der Waals surface area (Å²) in [5, 5.41) is 11.3. The Morgan fingerprint density at radius 3 is 2.54 bits per heavy atom. The van der Waals surface area contributed by atoms with Crippen molar-refractivity contribution in [3.63, 3.8) is 0 Å². The molecule has 1 aliphatic rings. The highest BCUT2D eigenvalue weighted by Gasteiger charge is 2.32. The molecule has 1 aromatic rings. The summed E-state index contributed by atoms with van der Waals surface area (Å²) < 4.78 is 0. The van der Waals surface area contributed by atoms with Gasteiger partial charge in [0.25, 0.3) is 0 Å². The first-order chi connectivity index (χ1) is 6.21. The predicted octanol–water partition coefficient (Wildman–Crippen LogP) is 1.24. The van der Waals surface area contributed by atoms with Crippen LogP contribution in [0.5, 0.6) is 0 Å². The minimum atomic E-state index is -0.553. The smallest absolute Gasteiger partial charge is 0.0896 e. The highest BCUT2D eigenvalue weighted by atomic mass is 28.1. The molecule has 1 saturated carbocycles. The molecule has 1 aliphatic carbocycles. The summed E-state index contributed by atoms with van der Waals surface area (Å²) in [4.78, 5) is 0. The lowest BCUT2D eigenvalue weighted by Gasteiger charge is -2.22. The predicted molar refractivity (Wildman–Crippen MR) is 54.2 cm³/mol. The van der Waals surface area contributed by atoms with Gasteiger partial charge in [-0.05, 0) is 18.4 Å². The molecule has 0 aliphatic heterocycles. The Kier molecular flexibility index (Phi) is 2.26. The molecule has 0 atom stereocenters. The third-order valence-electron chi connectivity index (χ3n) is 2.83. The molecule has 1 aromatic carbocycles. The maximum absolute atomic E-state index is 10.3. The van der Waals surface area contributed by atoms with Gasteiger partial charge in [-0.25, -0.2) is 0 Å². The minimum Gasteiger partial charge on any atom is -0.385 e. The maximum atomic E-state index is 10.3. The van der Waals surface area contributed by atoms with Crippen molar-refractivity contribution in [3.8, 4) is 0 Å². The molecule has 1 fully saturated rings. The van der Waals surface area contributed by atoms with Gasteiger partial charge in [-0.15, -0.1) is 0 Å². The molecule has 0 heterocycles. The van der Waals surface area contributed by atoms with E-state index in [1.54, 1.807) is 0 Å². The first kappa shape index (κ1) is 8.97. The highest BCUT2D eigenvalue weighted by molar-refractivity contribution is 6.32. The van der Waals surface area contributed by atoms with Crippen LogP contribution in [0.15, 0.2) is 24.3 Å². The van der Waals surface area contributed by atoms with Crippen molar-refractivity contribution in [2.24, 2.45) is 0 Å². The fraction of sp³-hybridized carbons (Fsp3) is 0.455. The second-order valence-corrected chi connectivity index (χ2v) is 4.40. The third kappa shape index (κ3) is 1.69. The number of benzene rings is 1. The van der Waals surface area contributed by atoms with E-state index >= 15 is 0 Å². The number of aliphatic hydroxyl groups is 1. The third-order valence-corrected chi connectivity index (χ3v) is 3.14. The zero-order chi connectivity index (χ0) is 9.31. The van der Waals surface area contributed by atoms with E-state index in [9.17, 15) is 5.11 Å². The average molecular weight is 189 g/mol. The summed E-state index contributed by atoms with van der Waals surface area (Å²) in [6.07, 6.45) is 4.09. The van der Waals surface area contributed by atoms with E-state index in [1.165, 1.54) is 0 Å². The Morgan fingerprint density at radius 2 is 1.92 bits per heavy atom. The fourth-order valence-corrected chi connectivity index (χ4v) is 2.31. The lowest BCUT2D eigenvalue weighted by Crippen LogP contribution is -2.22. The Hall–Kier alpha value is -0.603. The zero-order valence-corrected chi connectivity index (χ0v) is 8.59. The molecule has 13 heavy (non-hydrogen) atoms. The van der Waals surface area contributed by atoms with Gasteiger partial charge < -0.3 is 5.11 Å². The second-order valence-electron chi connectivity index (χ2n) is 3.82. The van der Waals surface area contributed by atoms with Crippen molar-refractivity contribution in [1.82, 2.24) is 0 Å². The summed E-state index contributed by atoms with van der Waals surface area (Å²) in [6, 6.07) is 7.99. The SMILES string of the molecule is OC1(c2cccc([Si])c2)CCCC1. The van der Waals surface area contributed by atoms with Gasteiger partial charge in [0, 0.05) is 0 Å². The summed E-state index contributed by atoms with van der Waals surface area (Å²) in [5.41, 5.74) is 0.500. The monoisotopic (exact) mass is 189 g/mol. The van der Waals surface area contributed by atoms with Crippen LogP contribution in [-0.2, 0) is 5.60 Å². The molecular weight excluding hydrogens is 176 g/mol. The van der Waals surface area contributed by atoms with Crippen LogP contribution in [0.4, 0.5) is 0 Å². The normalized spacial score (nSPS) is 20.5. The van der Waals surface area contributed by atoms with Crippen molar-refractivity contribution >= 4 is 15.4 Å². The van der Waals surface area contributed by atoms with Crippen LogP contribution < -0.4 is 5.19 Å². The lowest BCUT2D eigenvalue weighted by molar-refractivity contribution is 0.0445. The van der Waals surface area contributed by atoms with Crippen LogP contribution in [0.3, 0.4) is 0 Å². The molecule has 1 nitrogen and oxygen atoms in total. The van der Waals surface area contributed by atoms with Gasteiger partial charge in [0.15, 0.2) is 0 Å². The fourth-order valence-electron chi connectivity index (χ4n) is 2.06. The standard InChI is InChI=1S/C11H13OSi/c12-11(6-1-2-7-11)9-4-3-5-10(13)8-9/h3-5,8,12H,1-2,6-7H2. The maximum Gasteiger partial charge on any atom is 0.0896 e. The van der Waals surface area contributed by atoms with Crippen LogP contribution >= 0.6 is 0 Å². The van der Waals surface area contributed by atoms with Crippen molar-refractivity contribution in [2.75, 3.05) is 0 Å². The van der Waals surface area contributed by atoms with Gasteiger partial charge in [-0.1, -0.05) is 42.3 Å². The van der Waals surface area contributed by atoms with E-state index in [0.29, 0.717) is 0 Å². The van der Waals surface area contributed by atoms with Gasteiger partial charge in [0.1, 0.15) is 0 Å². The summed E-state index contributed by atoms with van der Waals surface area (Å²) in [7, 11) is 3.47. The quantitative estimate of drug-likeness (QED) is 0.659. The van der Waals surface area contributed by atoms with Gasteiger partial charge in [-0.3, -0.25) is 0 Å². The van der Waals surface area contributed by atoms with E-state index in [1.807, 2.05) is 24.3 Å². The van der Waals surface area contributed by atoms with Gasteiger partial charge >= 0.3 is 0 Å². The van der Waals surface area contributed by atoms with Gasteiger partial charge in [0.05, 0.1) is 15.8 Å². The molecule has 0 aromatic heterocycles. The van der Waals surface area contributed by atoms with E-state index in [-0.39, 0.29) is 0 Å². The van der Waals surface area contributed by atoms with Crippen LogP contribution in [-0.4, -0.2) is 15.3 Å². The first-order valence-electron chi connectivity index (χ1n) is 4.75. The number of hydrogen-bond acceptors (Lipinski definition) is 1. The lowest BCUT2D eigenvalue weighted by atomic mass is 9.92. The second kappa shape index (κ2) is 3.27. The van der Waals surface area contributed by atoms with Crippen LogP contribution in [0.25, 0.3) is 0 Å². The zero-order valence-electron chi connectivity index (χ0n) is 7.59. The number of rotatable bonds is 1. The van der Waals surface area contributed by atoms with Crippen LogP contribution in [0.2, 0.25) is 0 Å². The van der Waals surface area contributed by atoms with Crippen LogP contribution in [0, 0.1) is 0 Å². The van der Waals surface area contributed by atoms with Gasteiger partial charge in [0.2, 0.25) is 0 Å². The molecule has 2 heteroatoms. The molecule has 2 rings (SSSR count). The van der Waals surface area contributed by atoms with Gasteiger partial charge in [-0.2, -0.15) is 0 Å². The Bertz CT molecular complexity index is 303. The largest absolute Gasteiger partial charge is 0.385 e. The van der Waals surface area contributed by atoms with E-state index in [2.05, 4.69) is 10.2 Å². The Balaban J connectivity index is 2.33. The minimum absolute atomic E-state index is 0.553. The molecule has 0 bridgehead atoms. The first-order valence-corrected chi connectivity index (χ1v) is 5.25. The molecule has 0 spiro atoms. The van der Waals surface area contributed by atoms with Crippen LogP contribution in [0.1, 0.15) is 31.2 Å². The molecule has 3 radical (unpaired) electrons. The molecule has 67 valence electrons. The van der Waals surface area contributed by atoms with Crippen molar-refractivity contribution in [2.45, 2.75) is 31.3 Å². The molecular formula is C11H13OSi. The average Bonchev–Trinajstić information content (AvgIpc) is 2.54. The summed E-state index contributed by atoms with van der Waals surface area (Å²) >= 11 is 0. The molecule has 0 saturated heterocycles. The Labute approximate surface area is 82.2 Å². The van der Waals surface area contributed by atoms with E-state index in [4.69, 9.17) is 0 Å². The summed E-state index contributed by atoms with van der Waals surface area (Å²) in [6.45, 7) is 0. The van der Waals surface area contributed by atoms with Crippen molar-refractivity contribution < 1.29 is 5.11 Å². The summed E-state index contributed by atoms with van der Waals surface area (Å²) in [5.74, 6) is 0. The topological polar surface area (TPSA) is 20.2 Å².